The monoisotopic (exact) mass is 248 g/mol. The average molecular weight is 248 g/mol. The predicted molar refractivity (Wildman–Crippen MR) is 55.1 cm³/mol. The number of hydrogen-bond acceptors (Lipinski definition) is 5. The maximum absolute atomic E-state index is 11.2. The third-order valence-corrected chi connectivity index (χ3v) is 3.47. The van der Waals surface area contributed by atoms with E-state index in [9.17, 15) is 9.46 Å². The lowest BCUT2D eigenvalue weighted by Crippen LogP contribution is -2.32. The van der Waals surface area contributed by atoms with Gasteiger partial charge in [0.25, 0.3) is 0 Å². The molecule has 6 nitrogen and oxygen atoms in total. The first-order valence-electron chi connectivity index (χ1n) is 5.11. The lowest BCUT2D eigenvalue weighted by atomic mass is 9.93. The maximum Gasteiger partial charge on any atom is 0.473 e. The Morgan fingerprint density at radius 3 is 2.69 bits per heavy atom. The van der Waals surface area contributed by atoms with Gasteiger partial charge in [-0.15, -0.1) is 0 Å². The quantitative estimate of drug-likeness (QED) is 0.567. The zero-order valence-corrected chi connectivity index (χ0v) is 10.0. The van der Waals surface area contributed by atoms with E-state index < -0.39 is 32.1 Å². The smallest absolute Gasteiger partial charge is 0.377 e. The van der Waals surface area contributed by atoms with Gasteiger partial charge in [0.15, 0.2) is 0 Å². The molecule has 0 aliphatic carbocycles. The topological polar surface area (TPSA) is 74.2 Å². The molecule has 90 valence electrons. The highest BCUT2D eigenvalue weighted by molar-refractivity contribution is 7.47. The van der Waals surface area contributed by atoms with Crippen LogP contribution in [0.4, 0.5) is 0 Å². The second kappa shape index (κ2) is 4.40. The molecule has 3 unspecified atom stereocenters. The fourth-order valence-electron chi connectivity index (χ4n) is 1.76. The molecule has 8 heteroatoms. The van der Waals surface area contributed by atoms with Crippen LogP contribution >= 0.6 is 7.82 Å². The van der Waals surface area contributed by atoms with Crippen molar-refractivity contribution < 1.29 is 28.0 Å². The molecule has 5 atom stereocenters. The zero-order valence-electron chi connectivity index (χ0n) is 9.11. The molecule has 2 radical (unpaired) electrons. The highest BCUT2D eigenvalue weighted by atomic mass is 31.2. The fraction of sp³-hybridized carbons (Fsp3) is 1.00. The standard InChI is InChI=1S/C8H14BO6P/c1-4(2)12-3-5-6-7(8(9)13-5)15-16(10,11)14-6/h4-8H,3H2,1-2H3,(H,10,11)/t5-,6?,7?,8-/m1/s1. The molecule has 0 aromatic heterocycles. The summed E-state index contributed by atoms with van der Waals surface area (Å²) >= 11 is 0. The Bertz CT molecular complexity index is 311. The second-order valence-electron chi connectivity index (χ2n) is 4.13. The average Bonchev–Trinajstić information content (AvgIpc) is 2.59. The summed E-state index contributed by atoms with van der Waals surface area (Å²) in [7, 11) is 1.66. The summed E-state index contributed by atoms with van der Waals surface area (Å²) in [5.74, 6) is 0. The minimum Gasteiger partial charge on any atom is -0.377 e. The van der Waals surface area contributed by atoms with Gasteiger partial charge in [-0.25, -0.2) is 4.57 Å². The van der Waals surface area contributed by atoms with Gasteiger partial charge in [-0.05, 0) is 13.8 Å². The van der Waals surface area contributed by atoms with E-state index in [0.717, 1.165) is 0 Å². The molecule has 2 saturated heterocycles. The van der Waals surface area contributed by atoms with E-state index in [2.05, 4.69) is 0 Å². The largest absolute Gasteiger partial charge is 0.473 e. The Hall–Kier alpha value is 0.0949. The SMILES string of the molecule is [B][C@@H]1O[C@H](COC(C)C)C2OP(=O)(O)OC21. The van der Waals surface area contributed by atoms with Crippen molar-refractivity contribution in [3.05, 3.63) is 0 Å². The van der Waals surface area contributed by atoms with E-state index >= 15 is 0 Å². The summed E-state index contributed by atoms with van der Waals surface area (Å²) < 4.78 is 31.6. The summed E-state index contributed by atoms with van der Waals surface area (Å²) in [6.07, 6.45) is -1.76. The summed E-state index contributed by atoms with van der Waals surface area (Å²) in [4.78, 5) is 9.17. The summed E-state index contributed by atoms with van der Waals surface area (Å²) in [6, 6.07) is -0.756. The summed E-state index contributed by atoms with van der Waals surface area (Å²) in [5.41, 5.74) is 0. The first-order chi connectivity index (χ1) is 7.39. The first kappa shape index (κ1) is 12.5. The number of phosphoric ester groups is 1. The van der Waals surface area contributed by atoms with E-state index in [1.54, 1.807) is 0 Å². The number of fused-ring (bicyclic) bond motifs is 1. The molecule has 2 aliphatic heterocycles. The van der Waals surface area contributed by atoms with E-state index in [1.165, 1.54) is 0 Å². The van der Waals surface area contributed by atoms with Crippen molar-refractivity contribution in [1.82, 2.24) is 0 Å². The number of phosphoric acid groups is 1. The third-order valence-electron chi connectivity index (χ3n) is 2.45. The van der Waals surface area contributed by atoms with Crippen LogP contribution in [-0.4, -0.2) is 49.8 Å². The van der Waals surface area contributed by atoms with E-state index in [-0.39, 0.29) is 12.7 Å². The molecule has 0 spiro atoms. The van der Waals surface area contributed by atoms with Crippen LogP contribution in [0.2, 0.25) is 0 Å². The Labute approximate surface area is 95.2 Å². The van der Waals surface area contributed by atoms with Gasteiger partial charge >= 0.3 is 7.82 Å². The third kappa shape index (κ3) is 2.50. The highest BCUT2D eigenvalue weighted by Gasteiger charge is 2.55. The minimum absolute atomic E-state index is 0.0436. The molecule has 0 aromatic rings. The van der Waals surface area contributed by atoms with Crippen molar-refractivity contribution in [2.75, 3.05) is 6.61 Å². The van der Waals surface area contributed by atoms with Crippen LogP contribution < -0.4 is 0 Å². The lowest BCUT2D eigenvalue weighted by Gasteiger charge is -2.18. The molecule has 2 aliphatic rings. The van der Waals surface area contributed by atoms with Crippen molar-refractivity contribution in [3.63, 3.8) is 0 Å². The summed E-state index contributed by atoms with van der Waals surface area (Å²) in [5, 5.41) is 0. The predicted octanol–water partition coefficient (Wildman–Crippen LogP) is 0.189. The van der Waals surface area contributed by atoms with Crippen LogP contribution in [0.15, 0.2) is 0 Å². The lowest BCUT2D eigenvalue weighted by molar-refractivity contribution is -0.0443. The van der Waals surface area contributed by atoms with Crippen LogP contribution in [0, 0.1) is 0 Å². The van der Waals surface area contributed by atoms with Gasteiger partial charge in [-0.2, -0.15) is 0 Å². The van der Waals surface area contributed by atoms with E-state index in [0.29, 0.717) is 0 Å². The van der Waals surface area contributed by atoms with Gasteiger partial charge < -0.3 is 14.4 Å². The number of ether oxygens (including phenoxy) is 2. The van der Waals surface area contributed by atoms with Gasteiger partial charge in [-0.3, -0.25) is 9.05 Å². The Balaban J connectivity index is 1.99. The van der Waals surface area contributed by atoms with Gasteiger partial charge in [0, 0.05) is 6.00 Å². The van der Waals surface area contributed by atoms with Gasteiger partial charge in [0.2, 0.25) is 0 Å². The minimum atomic E-state index is -3.96. The Morgan fingerprint density at radius 1 is 1.44 bits per heavy atom. The highest BCUT2D eigenvalue weighted by Crippen LogP contribution is 2.56. The Morgan fingerprint density at radius 2 is 2.06 bits per heavy atom. The molecule has 2 rings (SSSR count). The molecule has 0 saturated carbocycles. The first-order valence-corrected chi connectivity index (χ1v) is 6.61. The second-order valence-corrected chi connectivity index (χ2v) is 5.49. The van der Waals surface area contributed by atoms with Gasteiger partial charge in [0.05, 0.1) is 12.7 Å². The number of hydrogen-bond donors (Lipinski definition) is 1. The molecular weight excluding hydrogens is 234 g/mol. The molecule has 16 heavy (non-hydrogen) atoms. The number of rotatable bonds is 3. The van der Waals surface area contributed by atoms with Crippen LogP contribution in [0.1, 0.15) is 13.8 Å². The molecule has 2 fully saturated rings. The van der Waals surface area contributed by atoms with Crippen LogP contribution in [0.3, 0.4) is 0 Å². The van der Waals surface area contributed by atoms with Crippen LogP contribution in [0.25, 0.3) is 0 Å². The maximum atomic E-state index is 11.2. The summed E-state index contributed by atoms with van der Waals surface area (Å²) in [6.45, 7) is 4.03. The van der Waals surface area contributed by atoms with Crippen molar-refractivity contribution in [1.29, 1.82) is 0 Å². The van der Waals surface area contributed by atoms with E-state index in [4.69, 9.17) is 26.4 Å². The Kier molecular flexibility index (Phi) is 3.45. The van der Waals surface area contributed by atoms with Crippen molar-refractivity contribution in [2.45, 2.75) is 44.3 Å². The van der Waals surface area contributed by atoms with Crippen LogP contribution in [-0.2, 0) is 23.1 Å². The zero-order chi connectivity index (χ0) is 11.9. The van der Waals surface area contributed by atoms with Crippen molar-refractivity contribution >= 4 is 15.7 Å². The fourth-order valence-corrected chi connectivity index (χ4v) is 2.92. The van der Waals surface area contributed by atoms with Gasteiger partial charge in [-0.1, -0.05) is 0 Å². The van der Waals surface area contributed by atoms with Crippen LogP contribution in [0.5, 0.6) is 0 Å². The molecule has 0 amide bonds. The van der Waals surface area contributed by atoms with Gasteiger partial charge in [0.1, 0.15) is 26.2 Å². The molecule has 1 N–H and O–H groups in total. The van der Waals surface area contributed by atoms with E-state index in [1.807, 2.05) is 13.8 Å². The normalized spacial score (nSPS) is 47.5. The molecular formula is C8H14BO6P. The van der Waals surface area contributed by atoms with Crippen molar-refractivity contribution in [3.8, 4) is 0 Å². The molecule has 0 aromatic carbocycles. The molecule has 2 heterocycles. The molecule has 0 bridgehead atoms. The van der Waals surface area contributed by atoms with Crippen molar-refractivity contribution in [2.24, 2.45) is 0 Å².